The number of aliphatic imine (C=N–C) groups is 1. The van der Waals surface area contributed by atoms with E-state index in [9.17, 15) is 9.90 Å². The van der Waals surface area contributed by atoms with E-state index < -0.39 is 5.97 Å². The Morgan fingerprint density at radius 2 is 1.65 bits per heavy atom. The van der Waals surface area contributed by atoms with Crippen LogP contribution in [0.5, 0.6) is 0 Å². The summed E-state index contributed by atoms with van der Waals surface area (Å²) in [4.78, 5) is 17.0. The van der Waals surface area contributed by atoms with E-state index in [4.69, 9.17) is 4.99 Å². The largest absolute Gasteiger partial charge is 0.478 e. The fourth-order valence-electron chi connectivity index (χ4n) is 5.41. The van der Waals surface area contributed by atoms with Crippen molar-refractivity contribution in [3.8, 4) is 0 Å². The lowest BCUT2D eigenvalue weighted by atomic mass is 9.62. The number of allylic oxidation sites excluding steroid dienone is 5. The van der Waals surface area contributed by atoms with Gasteiger partial charge in [0.1, 0.15) is 0 Å². The SMILES string of the molecule is C=C(C)c1ccc2c(c1)N=C(/C(=C/C=C(\C=C/C)C(=O)O)CC)c1cc3c(cc1N2)C(C)(C)CCC3(C)C.CC. The number of fused-ring (bicyclic) bond motifs is 3. The molecule has 0 saturated carbocycles. The molecular weight excluding hydrogens is 492 g/mol. The fourth-order valence-corrected chi connectivity index (χ4v) is 5.41. The van der Waals surface area contributed by atoms with E-state index >= 15 is 0 Å². The standard InChI is InChI=1S/C34H40N2O2.C2H6/c1-9-11-23(32(37)38)13-12-22(10-2)31-25-19-26-27(34(7,8)17-16-33(26,5)6)20-29(25)35-28-15-14-24(21(3)4)18-30(28)36-31;1-2/h9,11-15,18-20,35H,3,10,16-17H2,1-2,4-8H3,(H,37,38);1-2H3/b11-9-,22-12+,23-13+;. The average Bonchev–Trinajstić information content (AvgIpc) is 3.07. The number of nitrogens with one attached hydrogen (secondary N) is 1. The first-order valence-electron chi connectivity index (χ1n) is 14.5. The zero-order valence-electron chi connectivity index (χ0n) is 25.8. The third kappa shape index (κ3) is 6.22. The molecule has 4 heteroatoms. The number of anilines is 2. The highest BCUT2D eigenvalue weighted by Crippen LogP contribution is 2.49. The molecule has 0 spiro atoms. The first kappa shape index (κ1) is 30.9. The van der Waals surface area contributed by atoms with Gasteiger partial charge in [-0.25, -0.2) is 9.79 Å². The van der Waals surface area contributed by atoms with Crippen LogP contribution < -0.4 is 5.32 Å². The number of rotatable bonds is 6. The number of carboxylic acids is 1. The molecule has 0 fully saturated rings. The molecule has 4 nitrogen and oxygen atoms in total. The Morgan fingerprint density at radius 1 is 1.02 bits per heavy atom. The minimum absolute atomic E-state index is 0.0513. The summed E-state index contributed by atoms with van der Waals surface area (Å²) < 4.78 is 0. The fraction of sp³-hybridized carbons (Fsp3) is 0.389. The molecule has 212 valence electrons. The molecule has 2 aromatic rings. The molecule has 2 N–H and O–H groups in total. The van der Waals surface area contributed by atoms with Gasteiger partial charge in [-0.1, -0.05) is 84.9 Å². The van der Waals surface area contributed by atoms with Crippen LogP contribution in [0.4, 0.5) is 17.1 Å². The van der Waals surface area contributed by atoms with E-state index in [-0.39, 0.29) is 16.4 Å². The van der Waals surface area contributed by atoms with E-state index in [1.165, 1.54) is 11.1 Å². The van der Waals surface area contributed by atoms with E-state index in [2.05, 4.69) is 76.8 Å². The first-order chi connectivity index (χ1) is 18.9. The maximum atomic E-state index is 11.8. The zero-order valence-corrected chi connectivity index (χ0v) is 25.8. The molecule has 40 heavy (non-hydrogen) atoms. The highest BCUT2D eigenvalue weighted by Gasteiger charge is 2.38. The quantitative estimate of drug-likeness (QED) is 0.284. The molecule has 0 unspecified atom stereocenters. The van der Waals surface area contributed by atoms with Gasteiger partial charge in [0.25, 0.3) is 0 Å². The van der Waals surface area contributed by atoms with Gasteiger partial charge in [0.2, 0.25) is 0 Å². The smallest absolute Gasteiger partial charge is 0.335 e. The predicted molar refractivity (Wildman–Crippen MR) is 173 cm³/mol. The third-order valence-electron chi connectivity index (χ3n) is 7.98. The second-order valence-electron chi connectivity index (χ2n) is 11.8. The van der Waals surface area contributed by atoms with E-state index in [0.717, 1.165) is 57.9 Å². The summed E-state index contributed by atoms with van der Waals surface area (Å²) in [5, 5.41) is 13.4. The minimum atomic E-state index is -0.950. The van der Waals surface area contributed by atoms with Crippen LogP contribution >= 0.6 is 0 Å². The highest BCUT2D eigenvalue weighted by molar-refractivity contribution is 6.18. The summed E-state index contributed by atoms with van der Waals surface area (Å²) in [6.07, 6.45) is 9.92. The number of carboxylic acid groups (broad SMARTS) is 1. The van der Waals surface area contributed by atoms with Gasteiger partial charge in [-0.15, -0.1) is 0 Å². The van der Waals surface area contributed by atoms with E-state index in [1.54, 1.807) is 18.2 Å². The Bertz CT molecular complexity index is 1430. The Hall–Kier alpha value is -3.66. The van der Waals surface area contributed by atoms with Crippen molar-refractivity contribution in [2.24, 2.45) is 4.99 Å². The van der Waals surface area contributed by atoms with Crippen LogP contribution in [0, 0.1) is 0 Å². The predicted octanol–water partition coefficient (Wildman–Crippen LogP) is 10.2. The topological polar surface area (TPSA) is 61.7 Å². The molecule has 1 aliphatic carbocycles. The summed E-state index contributed by atoms with van der Waals surface area (Å²) in [6, 6.07) is 10.9. The van der Waals surface area contributed by atoms with Crippen LogP contribution in [-0.2, 0) is 15.6 Å². The van der Waals surface area contributed by atoms with E-state index in [0.29, 0.717) is 6.42 Å². The number of nitrogens with zero attached hydrogens (tertiary/aromatic N) is 1. The molecule has 0 aromatic heterocycles. The minimum Gasteiger partial charge on any atom is -0.478 e. The lowest BCUT2D eigenvalue weighted by Gasteiger charge is -2.42. The molecule has 0 saturated heterocycles. The Morgan fingerprint density at radius 3 is 2.20 bits per heavy atom. The normalized spacial score (nSPS) is 17.3. The van der Waals surface area contributed by atoms with Gasteiger partial charge < -0.3 is 10.4 Å². The molecule has 0 amide bonds. The van der Waals surface area contributed by atoms with Crippen molar-refractivity contribution >= 4 is 34.3 Å². The van der Waals surface area contributed by atoms with Gasteiger partial charge in [-0.2, -0.15) is 0 Å². The second kappa shape index (κ2) is 12.2. The molecule has 0 bridgehead atoms. The van der Waals surface area contributed by atoms with Crippen molar-refractivity contribution in [1.29, 1.82) is 0 Å². The van der Waals surface area contributed by atoms with Gasteiger partial charge >= 0.3 is 5.97 Å². The zero-order chi connectivity index (χ0) is 29.8. The molecule has 0 atom stereocenters. The summed E-state index contributed by atoms with van der Waals surface area (Å²) in [5.74, 6) is -0.950. The van der Waals surface area contributed by atoms with Crippen molar-refractivity contribution in [2.75, 3.05) is 5.32 Å². The maximum absolute atomic E-state index is 11.8. The van der Waals surface area contributed by atoms with Gasteiger partial charge in [-0.05, 0) is 96.5 Å². The van der Waals surface area contributed by atoms with Crippen LogP contribution in [0.3, 0.4) is 0 Å². The number of aliphatic carboxylic acids is 1. The number of hydrogen-bond donors (Lipinski definition) is 2. The summed E-state index contributed by atoms with van der Waals surface area (Å²) in [5.41, 5.74) is 10.9. The van der Waals surface area contributed by atoms with Crippen molar-refractivity contribution in [1.82, 2.24) is 0 Å². The van der Waals surface area contributed by atoms with Gasteiger partial charge in [0.05, 0.1) is 22.7 Å². The Labute approximate surface area is 241 Å². The van der Waals surface area contributed by atoms with Crippen molar-refractivity contribution in [3.63, 3.8) is 0 Å². The van der Waals surface area contributed by atoms with Gasteiger partial charge in [-0.3, -0.25) is 0 Å². The van der Waals surface area contributed by atoms with Crippen molar-refractivity contribution in [3.05, 3.63) is 94.6 Å². The van der Waals surface area contributed by atoms with Gasteiger partial charge in [0.15, 0.2) is 0 Å². The third-order valence-corrected chi connectivity index (χ3v) is 7.98. The lowest BCUT2D eigenvalue weighted by molar-refractivity contribution is -0.132. The summed E-state index contributed by atoms with van der Waals surface area (Å²) >= 11 is 0. The number of benzene rings is 2. The van der Waals surface area contributed by atoms with Crippen molar-refractivity contribution in [2.45, 2.75) is 92.4 Å². The lowest BCUT2D eigenvalue weighted by Crippen LogP contribution is -2.34. The molecule has 4 rings (SSSR count). The van der Waals surface area contributed by atoms with Crippen LogP contribution in [0.2, 0.25) is 0 Å². The molecular formula is C36H46N2O2. The van der Waals surface area contributed by atoms with Gasteiger partial charge in [0, 0.05) is 11.3 Å². The summed E-state index contributed by atoms with van der Waals surface area (Å²) in [7, 11) is 0. The monoisotopic (exact) mass is 538 g/mol. The molecule has 2 aromatic carbocycles. The first-order valence-corrected chi connectivity index (χ1v) is 14.5. The molecule has 0 radical (unpaired) electrons. The highest BCUT2D eigenvalue weighted by atomic mass is 16.4. The van der Waals surface area contributed by atoms with E-state index in [1.807, 2.05) is 33.8 Å². The maximum Gasteiger partial charge on any atom is 0.335 e. The van der Waals surface area contributed by atoms with Crippen LogP contribution in [0.15, 0.2) is 77.4 Å². The van der Waals surface area contributed by atoms with Crippen LogP contribution in [0.1, 0.15) is 104 Å². The number of hydrogen-bond acceptors (Lipinski definition) is 3. The molecule has 2 aliphatic rings. The van der Waals surface area contributed by atoms with Crippen LogP contribution in [-0.4, -0.2) is 16.8 Å². The Kier molecular flexibility index (Phi) is 9.45. The second-order valence-corrected chi connectivity index (χ2v) is 11.8. The summed E-state index contributed by atoms with van der Waals surface area (Å²) in [6.45, 7) is 23.4. The average molecular weight is 539 g/mol. The Balaban J connectivity index is 0.00000216. The molecule has 1 heterocycles. The number of carbonyl (C=O) groups is 1. The molecule has 1 aliphatic heterocycles. The van der Waals surface area contributed by atoms with Crippen molar-refractivity contribution < 1.29 is 9.90 Å². The van der Waals surface area contributed by atoms with Crippen LogP contribution in [0.25, 0.3) is 5.57 Å².